The number of benzene rings is 1. The molecule has 4 heteroatoms. The largest absolute Gasteiger partial charge is 0.482 e. The number of methoxy groups -OCH3 is 1. The Kier molecular flexibility index (Phi) is 7.76. The summed E-state index contributed by atoms with van der Waals surface area (Å²) in [4.78, 5) is 16.0. The van der Waals surface area contributed by atoms with E-state index in [2.05, 4.69) is 67.9 Å². The summed E-state index contributed by atoms with van der Waals surface area (Å²) in [7, 11) is 1.40. The molecule has 0 aliphatic carbocycles. The third-order valence-electron chi connectivity index (χ3n) is 6.35. The van der Waals surface area contributed by atoms with Crippen molar-refractivity contribution in [1.29, 1.82) is 0 Å². The molecule has 0 spiro atoms. The van der Waals surface area contributed by atoms with Gasteiger partial charge in [-0.2, -0.15) is 0 Å². The van der Waals surface area contributed by atoms with Gasteiger partial charge in [0.25, 0.3) is 0 Å². The van der Waals surface area contributed by atoms with E-state index >= 15 is 0 Å². The van der Waals surface area contributed by atoms with Gasteiger partial charge in [0.15, 0.2) is 5.60 Å². The highest BCUT2D eigenvalue weighted by molar-refractivity contribution is 5.74. The van der Waals surface area contributed by atoms with E-state index in [0.29, 0.717) is 0 Å². The number of carbonyl (C=O) groups excluding carboxylic acids is 1. The number of ether oxygens (including phenoxy) is 2. The Bertz CT molecular complexity index is 1110. The third-order valence-corrected chi connectivity index (χ3v) is 6.35. The van der Waals surface area contributed by atoms with Crippen LogP contribution in [0.4, 0.5) is 0 Å². The lowest BCUT2D eigenvalue weighted by Crippen LogP contribution is -2.27. The van der Waals surface area contributed by atoms with Crippen LogP contribution >= 0.6 is 0 Å². The molecule has 4 nitrogen and oxygen atoms in total. The Morgan fingerprint density at radius 2 is 2.12 bits per heavy atom. The van der Waals surface area contributed by atoms with Gasteiger partial charge >= 0.3 is 5.97 Å². The molecule has 1 aliphatic heterocycles. The summed E-state index contributed by atoms with van der Waals surface area (Å²) >= 11 is 0. The van der Waals surface area contributed by atoms with E-state index in [1.54, 1.807) is 12.5 Å². The number of aryl methyl sites for hydroxylation is 1. The second-order valence-corrected chi connectivity index (χ2v) is 8.48. The standard InChI is InChI=1S/C29H33NO3/c1-6-12-28(7-2,14-15-29(8-3)13-9-16-33-29)25-10-11-26(22(4)17-25)24-18-23(20-30-21-24)19-27(31)32-5/h6,9-12,16-18,20-21H,7-8,13,19H2,1-5H3/b12-6-. The first-order valence-corrected chi connectivity index (χ1v) is 11.5. The average Bonchev–Trinajstić information content (AvgIpc) is 3.31. The van der Waals surface area contributed by atoms with E-state index in [1.807, 2.05) is 25.3 Å². The maximum atomic E-state index is 11.7. The van der Waals surface area contributed by atoms with Crippen molar-refractivity contribution >= 4 is 5.97 Å². The highest BCUT2D eigenvalue weighted by Gasteiger charge is 2.31. The Morgan fingerprint density at radius 1 is 1.30 bits per heavy atom. The lowest BCUT2D eigenvalue weighted by molar-refractivity contribution is -0.139. The molecule has 0 amide bonds. The summed E-state index contributed by atoms with van der Waals surface area (Å²) in [5, 5.41) is 0. The SMILES string of the molecule is C/C=C\C(C#CC1(CC)CC=CO1)(CC)c1ccc(-c2cncc(CC(=O)OC)c2)c(C)c1. The molecular formula is C29H33NO3. The van der Waals surface area contributed by atoms with E-state index in [1.165, 1.54) is 7.11 Å². The average molecular weight is 444 g/mol. The lowest BCUT2D eigenvalue weighted by atomic mass is 9.76. The van der Waals surface area contributed by atoms with E-state index in [4.69, 9.17) is 9.47 Å². The van der Waals surface area contributed by atoms with Gasteiger partial charge < -0.3 is 9.47 Å². The summed E-state index contributed by atoms with van der Waals surface area (Å²) in [6.07, 6.45) is 14.3. The fourth-order valence-electron chi connectivity index (χ4n) is 4.23. The Morgan fingerprint density at radius 3 is 2.73 bits per heavy atom. The van der Waals surface area contributed by atoms with Crippen molar-refractivity contribution in [2.75, 3.05) is 7.11 Å². The van der Waals surface area contributed by atoms with Gasteiger partial charge in [-0.15, -0.1) is 0 Å². The first-order valence-electron chi connectivity index (χ1n) is 11.5. The lowest BCUT2D eigenvalue weighted by Gasteiger charge is -2.27. The van der Waals surface area contributed by atoms with Crippen LogP contribution in [-0.4, -0.2) is 23.7 Å². The van der Waals surface area contributed by atoms with Crippen LogP contribution in [0.25, 0.3) is 11.1 Å². The monoisotopic (exact) mass is 443 g/mol. The number of pyridine rings is 1. The van der Waals surface area contributed by atoms with Gasteiger partial charge in [0.2, 0.25) is 0 Å². The van der Waals surface area contributed by atoms with Crippen molar-refractivity contribution in [3.63, 3.8) is 0 Å². The molecule has 2 heterocycles. The van der Waals surface area contributed by atoms with E-state index < -0.39 is 11.0 Å². The topological polar surface area (TPSA) is 48.4 Å². The molecule has 2 unspecified atom stereocenters. The first kappa shape index (κ1) is 24.3. The van der Waals surface area contributed by atoms with E-state index in [9.17, 15) is 4.79 Å². The molecule has 0 saturated heterocycles. The number of hydrogen-bond donors (Lipinski definition) is 0. The molecule has 1 aromatic heterocycles. The predicted molar refractivity (Wildman–Crippen MR) is 133 cm³/mol. The number of hydrogen-bond acceptors (Lipinski definition) is 4. The van der Waals surface area contributed by atoms with Crippen molar-refractivity contribution in [2.45, 2.75) is 64.4 Å². The second-order valence-electron chi connectivity index (χ2n) is 8.48. The number of rotatable bonds is 7. The number of aromatic nitrogens is 1. The Labute approximate surface area is 197 Å². The zero-order valence-corrected chi connectivity index (χ0v) is 20.3. The number of esters is 1. The molecule has 172 valence electrons. The molecule has 3 rings (SSSR count). The molecule has 0 saturated carbocycles. The highest BCUT2D eigenvalue weighted by atomic mass is 16.5. The predicted octanol–water partition coefficient (Wildman–Crippen LogP) is 6.08. The van der Waals surface area contributed by atoms with Gasteiger partial charge in [0.05, 0.1) is 25.2 Å². The van der Waals surface area contributed by atoms with Gasteiger partial charge in [-0.05, 0) is 61.1 Å². The maximum absolute atomic E-state index is 11.7. The first-order chi connectivity index (χ1) is 15.9. The van der Waals surface area contributed by atoms with Gasteiger partial charge in [-0.25, -0.2) is 0 Å². The van der Waals surface area contributed by atoms with Gasteiger partial charge in [-0.1, -0.05) is 56.0 Å². The van der Waals surface area contributed by atoms with Crippen molar-refractivity contribution in [1.82, 2.24) is 4.98 Å². The van der Waals surface area contributed by atoms with Gasteiger partial charge in [0.1, 0.15) is 0 Å². The molecule has 0 fully saturated rings. The molecule has 0 N–H and O–H groups in total. The highest BCUT2D eigenvalue weighted by Crippen LogP contribution is 2.35. The molecule has 33 heavy (non-hydrogen) atoms. The van der Waals surface area contributed by atoms with Crippen LogP contribution in [-0.2, 0) is 26.1 Å². The number of carbonyl (C=O) groups is 1. The van der Waals surface area contributed by atoms with Crippen LogP contribution in [0.1, 0.15) is 56.7 Å². The molecule has 2 aromatic rings. The quantitative estimate of drug-likeness (QED) is 0.295. The van der Waals surface area contributed by atoms with Crippen molar-refractivity contribution in [2.24, 2.45) is 0 Å². The van der Waals surface area contributed by atoms with Crippen LogP contribution < -0.4 is 0 Å². The Hall–Kier alpha value is -3.32. The van der Waals surface area contributed by atoms with Crippen LogP contribution in [0.15, 0.2) is 61.1 Å². The van der Waals surface area contributed by atoms with Crippen molar-refractivity contribution in [3.05, 3.63) is 77.8 Å². The zero-order valence-electron chi connectivity index (χ0n) is 20.3. The van der Waals surface area contributed by atoms with Gasteiger partial charge in [0, 0.05) is 24.4 Å². The van der Waals surface area contributed by atoms with E-state index in [-0.39, 0.29) is 12.4 Å². The summed E-state index contributed by atoms with van der Waals surface area (Å²) in [6, 6.07) is 8.50. The van der Waals surface area contributed by atoms with Crippen LogP contribution in [0, 0.1) is 18.8 Å². The normalized spacial score (nSPS) is 18.9. The summed E-state index contributed by atoms with van der Waals surface area (Å²) < 4.78 is 10.7. The van der Waals surface area contributed by atoms with Crippen molar-refractivity contribution < 1.29 is 14.3 Å². The molecular weight excluding hydrogens is 410 g/mol. The molecule has 0 bridgehead atoms. The summed E-state index contributed by atoms with van der Waals surface area (Å²) in [5.41, 5.74) is 4.38. The molecule has 2 atom stereocenters. The fraction of sp³-hybridized carbons (Fsp3) is 0.379. The van der Waals surface area contributed by atoms with Crippen molar-refractivity contribution in [3.8, 4) is 23.0 Å². The minimum absolute atomic E-state index is 0.209. The van der Waals surface area contributed by atoms with Crippen LogP contribution in [0.3, 0.4) is 0 Å². The number of allylic oxidation sites excluding steroid dienone is 2. The smallest absolute Gasteiger partial charge is 0.310 e. The minimum Gasteiger partial charge on any atom is -0.482 e. The zero-order chi connectivity index (χ0) is 23.9. The number of nitrogens with zero attached hydrogens (tertiary/aromatic N) is 1. The van der Waals surface area contributed by atoms with Crippen LogP contribution in [0.2, 0.25) is 0 Å². The second kappa shape index (κ2) is 10.5. The van der Waals surface area contributed by atoms with Gasteiger partial charge in [-0.3, -0.25) is 9.78 Å². The maximum Gasteiger partial charge on any atom is 0.310 e. The third kappa shape index (κ3) is 5.37. The molecule has 0 radical (unpaired) electrons. The molecule has 1 aromatic carbocycles. The minimum atomic E-state index is -0.428. The van der Waals surface area contributed by atoms with Crippen LogP contribution in [0.5, 0.6) is 0 Å². The molecule has 1 aliphatic rings. The fourth-order valence-corrected chi connectivity index (χ4v) is 4.23. The summed E-state index contributed by atoms with van der Waals surface area (Å²) in [5.74, 6) is 6.80. The Balaban J connectivity index is 2.00. The summed E-state index contributed by atoms with van der Waals surface area (Å²) in [6.45, 7) is 8.43. The van der Waals surface area contributed by atoms with E-state index in [0.717, 1.165) is 47.1 Å².